The van der Waals surface area contributed by atoms with E-state index >= 15 is 0 Å². The highest BCUT2D eigenvalue weighted by atomic mass is 16.5. The number of hydrogen-bond donors (Lipinski definition) is 0. The van der Waals surface area contributed by atoms with Crippen LogP contribution in [0.25, 0.3) is 0 Å². The fourth-order valence-corrected chi connectivity index (χ4v) is 2.59. The third-order valence-corrected chi connectivity index (χ3v) is 3.19. The van der Waals surface area contributed by atoms with Crippen molar-refractivity contribution in [2.45, 2.75) is 20.3 Å². The average molecular weight is 182 g/mol. The minimum atomic E-state index is -0.169. The fraction of sp³-hybridized carbons (Fsp3) is 0.800. The molecule has 4 atom stereocenters. The summed E-state index contributed by atoms with van der Waals surface area (Å²) in [5, 5.41) is 0. The number of Topliss-reactive ketones (excluding diaryl/α,β-unsaturated/α-hetero) is 1. The SMILES string of the molecule is CCOC(=O)C1C2C(=O)CC(C)C21. The first-order valence-electron chi connectivity index (χ1n) is 4.86. The number of fused-ring (bicyclic) bond motifs is 1. The molecular weight excluding hydrogens is 168 g/mol. The first kappa shape index (κ1) is 8.73. The number of carbonyl (C=O) groups excluding carboxylic acids is 2. The zero-order chi connectivity index (χ0) is 9.59. The van der Waals surface area contributed by atoms with E-state index < -0.39 is 0 Å². The molecule has 4 unspecified atom stereocenters. The van der Waals surface area contributed by atoms with Gasteiger partial charge in [-0.2, -0.15) is 0 Å². The zero-order valence-electron chi connectivity index (χ0n) is 7.95. The maximum atomic E-state index is 11.3. The minimum absolute atomic E-state index is 0.00838. The van der Waals surface area contributed by atoms with E-state index in [-0.39, 0.29) is 23.6 Å². The lowest BCUT2D eigenvalue weighted by Crippen LogP contribution is -2.15. The van der Waals surface area contributed by atoms with E-state index in [0.29, 0.717) is 24.9 Å². The van der Waals surface area contributed by atoms with Crippen LogP contribution in [0.1, 0.15) is 20.3 Å². The lowest BCUT2D eigenvalue weighted by atomic mass is 10.0. The Labute approximate surface area is 77.4 Å². The van der Waals surface area contributed by atoms with E-state index in [1.165, 1.54) is 0 Å². The van der Waals surface area contributed by atoms with Crippen LogP contribution >= 0.6 is 0 Å². The van der Waals surface area contributed by atoms with Gasteiger partial charge >= 0.3 is 5.97 Å². The molecule has 0 spiro atoms. The van der Waals surface area contributed by atoms with Gasteiger partial charge in [0.25, 0.3) is 0 Å². The third-order valence-electron chi connectivity index (χ3n) is 3.19. The second-order valence-electron chi connectivity index (χ2n) is 4.03. The van der Waals surface area contributed by atoms with Gasteiger partial charge in [0.05, 0.1) is 12.5 Å². The van der Waals surface area contributed by atoms with Crippen molar-refractivity contribution in [1.82, 2.24) is 0 Å². The van der Waals surface area contributed by atoms with Crippen LogP contribution in [0.2, 0.25) is 0 Å². The quantitative estimate of drug-likeness (QED) is 0.599. The molecule has 13 heavy (non-hydrogen) atoms. The van der Waals surface area contributed by atoms with Gasteiger partial charge in [0.15, 0.2) is 0 Å². The maximum Gasteiger partial charge on any atom is 0.309 e. The third kappa shape index (κ3) is 1.18. The van der Waals surface area contributed by atoms with E-state index in [0.717, 1.165) is 0 Å². The van der Waals surface area contributed by atoms with Gasteiger partial charge in [-0.3, -0.25) is 9.59 Å². The van der Waals surface area contributed by atoms with Crippen molar-refractivity contribution in [2.24, 2.45) is 23.7 Å². The summed E-state index contributed by atoms with van der Waals surface area (Å²) >= 11 is 0. The number of rotatable bonds is 2. The standard InChI is InChI=1S/C10H14O3/c1-3-13-10(12)9-7-5(2)4-6(11)8(7)9/h5,7-9H,3-4H2,1-2H3. The van der Waals surface area contributed by atoms with E-state index in [4.69, 9.17) is 4.74 Å². The molecule has 72 valence electrons. The lowest BCUT2D eigenvalue weighted by Gasteiger charge is -2.06. The Balaban J connectivity index is 2.00. The van der Waals surface area contributed by atoms with Crippen molar-refractivity contribution in [3.8, 4) is 0 Å². The summed E-state index contributed by atoms with van der Waals surface area (Å²) in [4.78, 5) is 22.7. The Hall–Kier alpha value is -0.860. The fourth-order valence-electron chi connectivity index (χ4n) is 2.59. The van der Waals surface area contributed by atoms with Crippen molar-refractivity contribution in [2.75, 3.05) is 6.61 Å². The Morgan fingerprint density at radius 3 is 2.77 bits per heavy atom. The molecule has 0 heterocycles. The summed E-state index contributed by atoms with van der Waals surface area (Å²) in [6, 6.07) is 0. The molecule has 0 aromatic heterocycles. The zero-order valence-corrected chi connectivity index (χ0v) is 7.95. The van der Waals surface area contributed by atoms with Gasteiger partial charge < -0.3 is 4.74 Å². The molecule has 2 aliphatic carbocycles. The Bertz CT molecular complexity index is 259. The van der Waals surface area contributed by atoms with Crippen molar-refractivity contribution in [3.63, 3.8) is 0 Å². The monoisotopic (exact) mass is 182 g/mol. The normalized spacial score (nSPS) is 41.5. The van der Waals surface area contributed by atoms with Gasteiger partial charge in [-0.15, -0.1) is 0 Å². The molecule has 0 saturated heterocycles. The highest BCUT2D eigenvalue weighted by molar-refractivity contribution is 5.95. The molecule has 0 amide bonds. The van der Waals surface area contributed by atoms with Crippen LogP contribution in [0.5, 0.6) is 0 Å². The van der Waals surface area contributed by atoms with Crippen LogP contribution in [0.3, 0.4) is 0 Å². The summed E-state index contributed by atoms with van der Waals surface area (Å²) in [6.07, 6.45) is 0.658. The molecule has 0 radical (unpaired) electrons. The topological polar surface area (TPSA) is 43.4 Å². The highest BCUT2D eigenvalue weighted by Gasteiger charge is 2.65. The van der Waals surface area contributed by atoms with Gasteiger partial charge in [0.1, 0.15) is 5.78 Å². The van der Waals surface area contributed by atoms with E-state index in [1.54, 1.807) is 6.92 Å². The summed E-state index contributed by atoms with van der Waals surface area (Å²) in [5.41, 5.74) is 0. The Morgan fingerprint density at radius 1 is 1.62 bits per heavy atom. The molecule has 2 rings (SSSR count). The first-order valence-corrected chi connectivity index (χ1v) is 4.86. The summed E-state index contributed by atoms with van der Waals surface area (Å²) < 4.78 is 4.91. The van der Waals surface area contributed by atoms with Gasteiger partial charge in [-0.1, -0.05) is 6.92 Å². The number of esters is 1. The van der Waals surface area contributed by atoms with Crippen LogP contribution in [0.4, 0.5) is 0 Å². The highest BCUT2D eigenvalue weighted by Crippen LogP contribution is 2.58. The summed E-state index contributed by atoms with van der Waals surface area (Å²) in [5.74, 6) is 0.677. The van der Waals surface area contributed by atoms with Gasteiger partial charge in [0.2, 0.25) is 0 Å². The van der Waals surface area contributed by atoms with Gasteiger partial charge in [-0.05, 0) is 18.8 Å². The van der Waals surface area contributed by atoms with Crippen LogP contribution in [0.15, 0.2) is 0 Å². The summed E-state index contributed by atoms with van der Waals surface area (Å²) in [7, 11) is 0. The predicted octanol–water partition coefficient (Wildman–Crippen LogP) is 1.02. The average Bonchev–Trinajstić information content (AvgIpc) is 2.72. The van der Waals surface area contributed by atoms with Gasteiger partial charge in [-0.25, -0.2) is 0 Å². The molecule has 3 heteroatoms. The maximum absolute atomic E-state index is 11.3. The molecular formula is C10H14O3. The predicted molar refractivity (Wildman–Crippen MR) is 45.9 cm³/mol. The van der Waals surface area contributed by atoms with Crippen LogP contribution < -0.4 is 0 Å². The van der Waals surface area contributed by atoms with Crippen molar-refractivity contribution < 1.29 is 14.3 Å². The molecule has 0 aromatic rings. The molecule has 0 aromatic carbocycles. The molecule has 3 nitrogen and oxygen atoms in total. The summed E-state index contributed by atoms with van der Waals surface area (Å²) in [6.45, 7) is 4.25. The molecule has 0 N–H and O–H groups in total. The Kier molecular flexibility index (Phi) is 1.90. The smallest absolute Gasteiger partial charge is 0.309 e. The minimum Gasteiger partial charge on any atom is -0.466 e. The molecule has 2 saturated carbocycles. The molecule has 2 fully saturated rings. The molecule has 0 bridgehead atoms. The van der Waals surface area contributed by atoms with Gasteiger partial charge in [0, 0.05) is 12.3 Å². The van der Waals surface area contributed by atoms with Crippen LogP contribution in [-0.2, 0) is 14.3 Å². The molecule has 0 aliphatic heterocycles. The van der Waals surface area contributed by atoms with Crippen molar-refractivity contribution in [1.29, 1.82) is 0 Å². The number of ether oxygens (including phenoxy) is 1. The molecule has 2 aliphatic rings. The van der Waals surface area contributed by atoms with Crippen LogP contribution in [0, 0.1) is 23.7 Å². The number of hydrogen-bond acceptors (Lipinski definition) is 3. The Morgan fingerprint density at radius 2 is 2.31 bits per heavy atom. The van der Waals surface area contributed by atoms with Crippen LogP contribution in [-0.4, -0.2) is 18.4 Å². The largest absolute Gasteiger partial charge is 0.466 e. The van der Waals surface area contributed by atoms with E-state index in [1.807, 2.05) is 6.92 Å². The van der Waals surface area contributed by atoms with Crippen molar-refractivity contribution >= 4 is 11.8 Å². The lowest BCUT2D eigenvalue weighted by molar-refractivity contribution is -0.146. The first-order chi connectivity index (χ1) is 6.16. The number of ketones is 1. The second kappa shape index (κ2) is 2.82. The van der Waals surface area contributed by atoms with Crippen molar-refractivity contribution in [3.05, 3.63) is 0 Å². The van der Waals surface area contributed by atoms with E-state index in [2.05, 4.69) is 0 Å². The van der Waals surface area contributed by atoms with E-state index in [9.17, 15) is 9.59 Å². The number of carbonyl (C=O) groups is 2. The second-order valence-corrected chi connectivity index (χ2v) is 4.03.